The van der Waals surface area contributed by atoms with Gasteiger partial charge in [0.05, 0.1) is 26.4 Å². The zero-order valence-electron chi connectivity index (χ0n) is 61.6. The third-order valence-electron chi connectivity index (χ3n) is 17.7. The molecule has 0 radical (unpaired) electrons. The van der Waals surface area contributed by atoms with Crippen LogP contribution in [0.15, 0.2) is 0 Å². The van der Waals surface area contributed by atoms with E-state index in [4.69, 9.17) is 37.0 Å². The Morgan fingerprint density at radius 3 is 0.755 bits per heavy atom. The molecule has 3 unspecified atom stereocenters. The van der Waals surface area contributed by atoms with Crippen LogP contribution in [0.3, 0.4) is 0 Å². The normalized spacial score (nSPS) is 14.4. The van der Waals surface area contributed by atoms with E-state index in [-0.39, 0.29) is 25.7 Å². The summed E-state index contributed by atoms with van der Waals surface area (Å²) in [6, 6.07) is 0. The lowest BCUT2D eigenvalue weighted by Gasteiger charge is -2.21. The van der Waals surface area contributed by atoms with Gasteiger partial charge in [-0.15, -0.1) is 0 Å². The predicted molar refractivity (Wildman–Crippen MR) is 381 cm³/mol. The SMILES string of the molecule is CCC(C)CCCCCCCCCCCCCCCCC(=O)O[C@H](COC(=O)CCCCCCCCCC(C)C)COP(=O)(O)OC[C@@H](O)COP(=O)(O)OC[C@@H](COC(=O)CCCCCCCCC(C)C)OC(=O)CCCCCCCCCCCCCCCCC(C)C. The molecule has 0 fully saturated rings. The van der Waals surface area contributed by atoms with E-state index in [1.54, 1.807) is 0 Å². The highest BCUT2D eigenvalue weighted by atomic mass is 31.2. The maximum atomic E-state index is 13.0. The zero-order valence-corrected chi connectivity index (χ0v) is 63.4. The molecular weight excluding hydrogens is 1230 g/mol. The van der Waals surface area contributed by atoms with Gasteiger partial charge in [-0.3, -0.25) is 37.3 Å². The lowest BCUT2D eigenvalue weighted by Crippen LogP contribution is -2.30. The van der Waals surface area contributed by atoms with Crippen LogP contribution < -0.4 is 0 Å². The minimum atomic E-state index is -4.96. The molecule has 0 amide bonds. The molecule has 558 valence electrons. The van der Waals surface area contributed by atoms with Crippen LogP contribution >= 0.6 is 15.6 Å². The number of aliphatic hydroxyl groups is 1. The molecule has 0 aliphatic carbocycles. The van der Waals surface area contributed by atoms with E-state index in [1.165, 1.54) is 167 Å². The molecule has 17 nitrogen and oxygen atoms in total. The molecule has 19 heteroatoms. The summed E-state index contributed by atoms with van der Waals surface area (Å²) < 4.78 is 68.4. The van der Waals surface area contributed by atoms with Gasteiger partial charge < -0.3 is 33.8 Å². The Morgan fingerprint density at radius 1 is 0.298 bits per heavy atom. The highest BCUT2D eigenvalue weighted by Crippen LogP contribution is 2.45. The van der Waals surface area contributed by atoms with Crippen molar-refractivity contribution in [2.75, 3.05) is 39.6 Å². The monoisotopic (exact) mass is 1380 g/mol. The molecule has 0 saturated heterocycles. The quantitative estimate of drug-likeness (QED) is 0.0222. The van der Waals surface area contributed by atoms with E-state index in [9.17, 15) is 43.2 Å². The second-order valence-corrected chi connectivity index (χ2v) is 31.6. The number of ether oxygens (including phenoxy) is 4. The molecule has 0 aromatic rings. The van der Waals surface area contributed by atoms with Crippen molar-refractivity contribution in [3.05, 3.63) is 0 Å². The first kappa shape index (κ1) is 92.1. The Morgan fingerprint density at radius 2 is 0.511 bits per heavy atom. The van der Waals surface area contributed by atoms with E-state index in [1.807, 2.05) is 0 Å². The van der Waals surface area contributed by atoms with Crippen LogP contribution in [0.4, 0.5) is 0 Å². The third-order valence-corrected chi connectivity index (χ3v) is 19.6. The Labute approximate surface area is 575 Å². The summed E-state index contributed by atoms with van der Waals surface area (Å²) in [5, 5.41) is 10.6. The van der Waals surface area contributed by atoms with Gasteiger partial charge in [-0.05, 0) is 49.4 Å². The summed E-state index contributed by atoms with van der Waals surface area (Å²) in [5.74, 6) is 0.900. The van der Waals surface area contributed by atoms with Gasteiger partial charge in [-0.1, -0.05) is 325 Å². The fraction of sp³-hybridized carbons (Fsp3) is 0.947. The number of carbonyl (C=O) groups excluding carboxylic acids is 4. The van der Waals surface area contributed by atoms with Crippen LogP contribution in [0.25, 0.3) is 0 Å². The number of hydrogen-bond donors (Lipinski definition) is 3. The zero-order chi connectivity index (χ0) is 69.6. The molecular formula is C75H146O17P2. The van der Waals surface area contributed by atoms with Gasteiger partial charge >= 0.3 is 39.5 Å². The third kappa shape index (κ3) is 67.3. The molecule has 0 rings (SSSR count). The number of esters is 4. The summed E-state index contributed by atoms with van der Waals surface area (Å²) in [6.45, 7) is 14.1. The maximum absolute atomic E-state index is 13.0. The predicted octanol–water partition coefficient (Wildman–Crippen LogP) is 21.7. The fourth-order valence-electron chi connectivity index (χ4n) is 11.3. The van der Waals surface area contributed by atoms with E-state index in [2.05, 4.69) is 55.4 Å². The van der Waals surface area contributed by atoms with E-state index in [0.717, 1.165) is 115 Å². The smallest absolute Gasteiger partial charge is 0.462 e. The van der Waals surface area contributed by atoms with Crippen molar-refractivity contribution in [1.82, 2.24) is 0 Å². The van der Waals surface area contributed by atoms with Crippen molar-refractivity contribution in [2.24, 2.45) is 23.7 Å². The molecule has 0 aliphatic heterocycles. The summed E-state index contributed by atoms with van der Waals surface area (Å²) in [7, 11) is -9.91. The number of unbranched alkanes of at least 4 members (excludes halogenated alkanes) is 37. The van der Waals surface area contributed by atoms with Crippen LogP contribution in [-0.4, -0.2) is 96.7 Å². The first-order chi connectivity index (χ1) is 45.1. The maximum Gasteiger partial charge on any atom is 0.472 e. The first-order valence-electron chi connectivity index (χ1n) is 38.7. The van der Waals surface area contributed by atoms with E-state index in [0.29, 0.717) is 37.5 Å². The number of phosphoric ester groups is 2. The van der Waals surface area contributed by atoms with Crippen LogP contribution in [0, 0.1) is 23.7 Å². The van der Waals surface area contributed by atoms with Gasteiger partial charge in [-0.2, -0.15) is 0 Å². The van der Waals surface area contributed by atoms with Gasteiger partial charge in [-0.25, -0.2) is 9.13 Å². The molecule has 0 heterocycles. The number of phosphoric acid groups is 2. The molecule has 94 heavy (non-hydrogen) atoms. The van der Waals surface area contributed by atoms with Gasteiger partial charge in [0.2, 0.25) is 0 Å². The fourth-order valence-corrected chi connectivity index (χ4v) is 12.9. The highest BCUT2D eigenvalue weighted by molar-refractivity contribution is 7.47. The average Bonchev–Trinajstić information content (AvgIpc) is 1.99. The number of rotatable bonds is 72. The lowest BCUT2D eigenvalue weighted by molar-refractivity contribution is -0.161. The summed E-state index contributed by atoms with van der Waals surface area (Å²) in [5.41, 5.74) is 0. The number of hydrogen-bond acceptors (Lipinski definition) is 15. The summed E-state index contributed by atoms with van der Waals surface area (Å²) >= 11 is 0. The standard InChI is InChI=1S/C75H146O17P2/c1-9-68(8)54-46-38-29-23-19-15-11-13-17-21-25-31-42-50-57-74(79)91-70(61-85-72(77)55-47-39-32-26-28-36-44-52-66(4)5)63-89-93(81,82)87-59-69(76)60-88-94(83,84)90-64-71(62-86-73(78)56-48-40-34-33-37-45-53-67(6)7)92-75(80)58-49-41-30-24-20-16-12-10-14-18-22-27-35-43-51-65(2)3/h65-71,76H,9-64H2,1-8H3,(H,81,82)(H,83,84)/t68?,69-,70-,71-/m1/s1. The second-order valence-electron chi connectivity index (χ2n) is 28.7. The Kier molecular flexibility index (Phi) is 63.1. The number of aliphatic hydroxyl groups excluding tert-OH is 1. The van der Waals surface area contributed by atoms with Gasteiger partial charge in [0.1, 0.15) is 19.3 Å². The molecule has 0 aliphatic rings. The topological polar surface area (TPSA) is 237 Å². The van der Waals surface area contributed by atoms with Gasteiger partial charge in [0.15, 0.2) is 12.2 Å². The lowest BCUT2D eigenvalue weighted by atomic mass is 9.99. The molecule has 6 atom stereocenters. The first-order valence-corrected chi connectivity index (χ1v) is 41.7. The van der Waals surface area contributed by atoms with Crippen molar-refractivity contribution in [1.29, 1.82) is 0 Å². The van der Waals surface area contributed by atoms with Crippen LogP contribution in [-0.2, 0) is 65.4 Å². The van der Waals surface area contributed by atoms with Crippen molar-refractivity contribution in [2.45, 2.75) is 395 Å². The second kappa shape index (κ2) is 64.4. The molecule has 3 N–H and O–H groups in total. The largest absolute Gasteiger partial charge is 0.472 e. The summed E-state index contributed by atoms with van der Waals surface area (Å²) in [4.78, 5) is 72.7. The molecule has 0 aromatic heterocycles. The van der Waals surface area contributed by atoms with Gasteiger partial charge in [0, 0.05) is 25.7 Å². The van der Waals surface area contributed by atoms with Crippen molar-refractivity contribution in [3.8, 4) is 0 Å². The van der Waals surface area contributed by atoms with Crippen molar-refractivity contribution in [3.63, 3.8) is 0 Å². The molecule has 0 bridgehead atoms. The van der Waals surface area contributed by atoms with E-state index >= 15 is 0 Å². The Hall–Kier alpha value is -1.94. The number of carbonyl (C=O) groups is 4. The summed E-state index contributed by atoms with van der Waals surface area (Å²) in [6.07, 6.45) is 48.8. The minimum Gasteiger partial charge on any atom is -0.462 e. The van der Waals surface area contributed by atoms with Crippen LogP contribution in [0.1, 0.15) is 376 Å². The van der Waals surface area contributed by atoms with Crippen LogP contribution in [0.2, 0.25) is 0 Å². The van der Waals surface area contributed by atoms with Crippen LogP contribution in [0.5, 0.6) is 0 Å². The molecule has 0 spiro atoms. The average molecular weight is 1380 g/mol. The Balaban J connectivity index is 5.20. The highest BCUT2D eigenvalue weighted by Gasteiger charge is 2.30. The van der Waals surface area contributed by atoms with Crippen molar-refractivity contribution >= 4 is 39.5 Å². The minimum absolute atomic E-state index is 0.106. The van der Waals surface area contributed by atoms with E-state index < -0.39 is 97.5 Å². The van der Waals surface area contributed by atoms with Crippen molar-refractivity contribution < 1.29 is 80.2 Å². The Bertz CT molecular complexity index is 1850. The molecule has 0 aromatic carbocycles. The van der Waals surface area contributed by atoms with Gasteiger partial charge in [0.25, 0.3) is 0 Å². The molecule has 0 saturated carbocycles.